The minimum Gasteiger partial charge on any atom is -0.406 e. The van der Waals surface area contributed by atoms with Crippen LogP contribution in [0.1, 0.15) is 18.1 Å². The van der Waals surface area contributed by atoms with Crippen molar-refractivity contribution in [1.82, 2.24) is 9.97 Å². The number of halogens is 3. The van der Waals surface area contributed by atoms with Gasteiger partial charge in [-0.05, 0) is 66.6 Å². The number of alkyl halides is 3. The number of rotatable bonds is 12. The van der Waals surface area contributed by atoms with Gasteiger partial charge in [0, 0.05) is 37.0 Å². The lowest BCUT2D eigenvalue weighted by Gasteiger charge is -2.22. The summed E-state index contributed by atoms with van der Waals surface area (Å²) in [7, 11) is 0. The number of carbonyl (C=O) groups is 1. The molecule has 0 saturated heterocycles. The fourth-order valence-electron chi connectivity index (χ4n) is 4.05. The Hall–Kier alpha value is -4.49. The zero-order valence-corrected chi connectivity index (χ0v) is 22.6. The van der Waals surface area contributed by atoms with E-state index in [0.29, 0.717) is 35.2 Å². The van der Waals surface area contributed by atoms with Crippen molar-refractivity contribution in [1.29, 1.82) is 0 Å². The van der Waals surface area contributed by atoms with Gasteiger partial charge >= 0.3 is 6.36 Å². The third-order valence-corrected chi connectivity index (χ3v) is 6.18. The van der Waals surface area contributed by atoms with E-state index in [1.807, 2.05) is 36.1 Å². The minimum absolute atomic E-state index is 0.0781. The average Bonchev–Trinajstić information content (AvgIpc) is 2.90. The van der Waals surface area contributed by atoms with Crippen LogP contribution in [0.25, 0.3) is 0 Å². The maximum absolute atomic E-state index is 12.6. The average molecular weight is 586 g/mol. The van der Waals surface area contributed by atoms with E-state index in [4.69, 9.17) is 4.55 Å². The SMILES string of the molecule is CCN(c1ccc(CC(=O)Cc2ccc(OC(F)(F)F)cc2)cc1)c1ccnc(Nc2cccc(NS(=O)O)c2)n1. The first kappa shape index (κ1) is 29.5. The summed E-state index contributed by atoms with van der Waals surface area (Å²) in [5.74, 6) is 0.561. The molecule has 0 spiro atoms. The van der Waals surface area contributed by atoms with Crippen LogP contribution < -0.4 is 19.7 Å². The first-order valence-corrected chi connectivity index (χ1v) is 13.5. The zero-order chi connectivity index (χ0) is 29.4. The molecule has 13 heteroatoms. The number of ether oxygens (including phenoxy) is 1. The summed E-state index contributed by atoms with van der Waals surface area (Å²) in [5, 5.41) is 3.09. The van der Waals surface area contributed by atoms with Crippen LogP contribution in [0, 0.1) is 0 Å². The monoisotopic (exact) mass is 585 g/mol. The van der Waals surface area contributed by atoms with E-state index < -0.39 is 17.6 Å². The summed E-state index contributed by atoms with van der Waals surface area (Å²) in [6.45, 7) is 2.58. The molecule has 1 aromatic heterocycles. The minimum atomic E-state index is -4.76. The van der Waals surface area contributed by atoms with Gasteiger partial charge < -0.3 is 15.0 Å². The molecule has 0 aliphatic rings. The number of hydrogen-bond donors (Lipinski definition) is 3. The normalized spacial score (nSPS) is 11.9. The van der Waals surface area contributed by atoms with E-state index in [2.05, 4.69) is 24.7 Å². The Morgan fingerprint density at radius 3 is 2.22 bits per heavy atom. The predicted octanol–water partition coefficient (Wildman–Crippen LogP) is 6.18. The molecule has 1 atom stereocenters. The van der Waals surface area contributed by atoms with Crippen molar-refractivity contribution < 1.29 is 31.5 Å². The van der Waals surface area contributed by atoms with Gasteiger partial charge in [-0.1, -0.05) is 30.3 Å². The van der Waals surface area contributed by atoms with Gasteiger partial charge in [0.1, 0.15) is 17.4 Å². The third kappa shape index (κ3) is 9.01. The molecule has 0 bridgehead atoms. The predicted molar refractivity (Wildman–Crippen MR) is 151 cm³/mol. The molecule has 0 amide bonds. The Balaban J connectivity index is 1.38. The summed E-state index contributed by atoms with van der Waals surface area (Å²) in [6, 6.07) is 21.3. The first-order valence-electron chi connectivity index (χ1n) is 12.4. The molecule has 4 rings (SSSR count). The smallest absolute Gasteiger partial charge is 0.406 e. The maximum atomic E-state index is 12.6. The number of carbonyl (C=O) groups excluding carboxylic acids is 1. The van der Waals surface area contributed by atoms with Crippen LogP contribution >= 0.6 is 0 Å². The highest BCUT2D eigenvalue weighted by atomic mass is 32.2. The van der Waals surface area contributed by atoms with Gasteiger partial charge in [0.05, 0.1) is 5.69 Å². The maximum Gasteiger partial charge on any atom is 0.573 e. The molecule has 214 valence electrons. The Kier molecular flexibility index (Phi) is 9.53. The second kappa shape index (κ2) is 13.2. The number of aromatic nitrogens is 2. The van der Waals surface area contributed by atoms with Crippen molar-refractivity contribution in [2.45, 2.75) is 26.1 Å². The fourth-order valence-corrected chi connectivity index (χ4v) is 4.38. The molecular formula is C28H26F3N5O4S. The number of ketones is 1. The third-order valence-electron chi connectivity index (χ3n) is 5.77. The second-order valence-electron chi connectivity index (χ2n) is 8.79. The highest BCUT2D eigenvalue weighted by molar-refractivity contribution is 7.80. The van der Waals surface area contributed by atoms with E-state index in [9.17, 15) is 22.2 Å². The summed E-state index contributed by atoms with van der Waals surface area (Å²) in [5.41, 5.74) is 3.33. The van der Waals surface area contributed by atoms with Crippen molar-refractivity contribution in [3.8, 4) is 5.75 Å². The molecular weight excluding hydrogens is 559 g/mol. The molecule has 0 aliphatic heterocycles. The fraction of sp³-hybridized carbons (Fsp3) is 0.179. The van der Waals surface area contributed by atoms with Gasteiger partial charge in [-0.2, -0.15) is 4.98 Å². The Labute approximate surface area is 236 Å². The molecule has 9 nitrogen and oxygen atoms in total. The van der Waals surface area contributed by atoms with Crippen molar-refractivity contribution >= 4 is 45.9 Å². The van der Waals surface area contributed by atoms with E-state index in [1.165, 1.54) is 24.3 Å². The number of hydrogen-bond acceptors (Lipinski definition) is 7. The van der Waals surface area contributed by atoms with Crippen LogP contribution in [0.15, 0.2) is 85.1 Å². The Bertz CT molecular complexity index is 1500. The number of benzene rings is 3. The quantitative estimate of drug-likeness (QED) is 0.169. The van der Waals surface area contributed by atoms with Crippen LogP contribution in [0.3, 0.4) is 0 Å². The summed E-state index contributed by atoms with van der Waals surface area (Å²) < 4.78 is 63.3. The van der Waals surface area contributed by atoms with Crippen molar-refractivity contribution in [3.05, 3.63) is 96.2 Å². The Morgan fingerprint density at radius 2 is 1.61 bits per heavy atom. The highest BCUT2D eigenvalue weighted by Gasteiger charge is 2.31. The molecule has 4 aromatic rings. The number of nitrogens with one attached hydrogen (secondary N) is 2. The van der Waals surface area contributed by atoms with Gasteiger partial charge in [0.15, 0.2) is 0 Å². The standard InChI is InChI=1S/C28H26F3N5O4S/c1-2-36(26-14-15-32-27(34-26)33-21-4-3-5-22(18-21)35-41(38)39)23-10-6-19(7-11-23)16-24(37)17-20-8-12-25(13-9-20)40-28(29,30)31/h3-15,18,35H,2,16-17H2,1H3,(H,38,39)(H,32,33,34). The van der Waals surface area contributed by atoms with Crippen LogP contribution in [-0.4, -0.2) is 37.4 Å². The number of nitrogens with zero attached hydrogens (tertiary/aromatic N) is 3. The summed E-state index contributed by atoms with van der Waals surface area (Å²) in [6.07, 6.45) is -2.89. The van der Waals surface area contributed by atoms with E-state index in [0.717, 1.165) is 11.3 Å². The lowest BCUT2D eigenvalue weighted by molar-refractivity contribution is -0.274. The second-order valence-corrected chi connectivity index (χ2v) is 9.49. The van der Waals surface area contributed by atoms with Gasteiger partial charge in [0.2, 0.25) is 5.95 Å². The van der Waals surface area contributed by atoms with Crippen LogP contribution in [0.4, 0.5) is 42.0 Å². The van der Waals surface area contributed by atoms with Crippen molar-refractivity contribution in [2.75, 3.05) is 21.5 Å². The van der Waals surface area contributed by atoms with Crippen LogP contribution in [0.2, 0.25) is 0 Å². The lowest BCUT2D eigenvalue weighted by atomic mass is 10.0. The van der Waals surface area contributed by atoms with Crippen molar-refractivity contribution in [2.24, 2.45) is 0 Å². The molecule has 1 heterocycles. The molecule has 41 heavy (non-hydrogen) atoms. The van der Waals surface area contributed by atoms with Crippen molar-refractivity contribution in [3.63, 3.8) is 0 Å². The molecule has 0 fully saturated rings. The molecule has 3 aromatic carbocycles. The topological polar surface area (TPSA) is 117 Å². The molecule has 0 radical (unpaired) electrons. The number of anilines is 5. The van der Waals surface area contributed by atoms with E-state index in [-0.39, 0.29) is 24.4 Å². The zero-order valence-electron chi connectivity index (χ0n) is 21.8. The van der Waals surface area contributed by atoms with Crippen LogP contribution in [0.5, 0.6) is 5.75 Å². The lowest BCUT2D eigenvalue weighted by Crippen LogP contribution is -2.18. The largest absolute Gasteiger partial charge is 0.573 e. The molecule has 3 N–H and O–H groups in total. The van der Waals surface area contributed by atoms with Gasteiger partial charge in [-0.25, -0.2) is 9.19 Å². The Morgan fingerprint density at radius 1 is 0.976 bits per heavy atom. The first-order chi connectivity index (χ1) is 19.6. The van der Waals surface area contributed by atoms with E-state index >= 15 is 0 Å². The molecule has 0 aliphatic carbocycles. The van der Waals surface area contributed by atoms with Gasteiger partial charge in [-0.15, -0.1) is 13.2 Å². The summed E-state index contributed by atoms with van der Waals surface area (Å²) in [4.78, 5) is 23.4. The van der Waals surface area contributed by atoms with Crippen LogP contribution in [-0.2, 0) is 28.9 Å². The molecule has 0 saturated carbocycles. The van der Waals surface area contributed by atoms with Gasteiger partial charge in [-0.3, -0.25) is 14.1 Å². The van der Waals surface area contributed by atoms with Gasteiger partial charge in [0.25, 0.3) is 11.3 Å². The summed E-state index contributed by atoms with van der Waals surface area (Å²) >= 11 is -2.19. The van der Waals surface area contributed by atoms with E-state index in [1.54, 1.807) is 36.5 Å². The molecule has 1 unspecified atom stereocenters. The number of Topliss-reactive ketones (excluding diaryl/α,β-unsaturated/α-hetero) is 1. The highest BCUT2D eigenvalue weighted by Crippen LogP contribution is 2.26.